The van der Waals surface area contributed by atoms with E-state index < -0.39 is 5.41 Å². The summed E-state index contributed by atoms with van der Waals surface area (Å²) >= 11 is 0. The Bertz CT molecular complexity index is 1230. The van der Waals surface area contributed by atoms with Gasteiger partial charge >= 0.3 is 5.97 Å². The van der Waals surface area contributed by atoms with Crippen LogP contribution in [0.25, 0.3) is 11.1 Å². The van der Waals surface area contributed by atoms with Crippen LogP contribution < -0.4 is 4.74 Å². The molecule has 0 fully saturated rings. The summed E-state index contributed by atoms with van der Waals surface area (Å²) in [4.78, 5) is 11.6. The van der Waals surface area contributed by atoms with Gasteiger partial charge in [0.2, 0.25) is 0 Å². The standard InChI is InChI=1S/C31H30O3/c1-5-23(16-19-25(6-2)34-22(4)32)31(24-17-20-26(21-18-24)33-7-3)29-14-10-8-12-27(29)28-13-9-11-15-30(28)31/h5-6,8-21H,7H2,1-4H3/b19-16-,23-5+,25-6+. The van der Waals surface area contributed by atoms with Crippen LogP contribution >= 0.6 is 0 Å². The van der Waals surface area contributed by atoms with Gasteiger partial charge in [0.15, 0.2) is 0 Å². The molecule has 3 aromatic rings. The molecule has 3 aromatic carbocycles. The van der Waals surface area contributed by atoms with Crippen LogP contribution in [0.4, 0.5) is 0 Å². The summed E-state index contributed by atoms with van der Waals surface area (Å²) in [5.41, 5.74) is 6.65. The van der Waals surface area contributed by atoms with Crippen LogP contribution in [0.2, 0.25) is 0 Å². The number of allylic oxidation sites excluding steroid dienone is 5. The molecule has 0 saturated carbocycles. The molecule has 0 bridgehead atoms. The molecule has 3 nitrogen and oxygen atoms in total. The molecule has 1 aliphatic carbocycles. The fraction of sp³-hybridized carbons (Fsp3) is 0.194. The van der Waals surface area contributed by atoms with Gasteiger partial charge in [-0.1, -0.05) is 72.8 Å². The smallest absolute Gasteiger partial charge is 0.308 e. The zero-order chi connectivity index (χ0) is 24.1. The summed E-state index contributed by atoms with van der Waals surface area (Å²) in [6, 6.07) is 25.6. The van der Waals surface area contributed by atoms with E-state index in [2.05, 4.69) is 79.7 Å². The second kappa shape index (κ2) is 9.96. The van der Waals surface area contributed by atoms with Crippen molar-refractivity contribution in [2.24, 2.45) is 0 Å². The molecule has 3 heteroatoms. The minimum Gasteiger partial charge on any atom is -0.494 e. The fourth-order valence-electron chi connectivity index (χ4n) is 4.96. The van der Waals surface area contributed by atoms with Crippen molar-refractivity contribution in [1.82, 2.24) is 0 Å². The Labute approximate surface area is 202 Å². The van der Waals surface area contributed by atoms with Crippen molar-refractivity contribution in [1.29, 1.82) is 0 Å². The Hall–Kier alpha value is -3.85. The molecule has 0 amide bonds. The highest BCUT2D eigenvalue weighted by Crippen LogP contribution is 2.56. The Kier molecular flexibility index (Phi) is 6.83. The zero-order valence-electron chi connectivity index (χ0n) is 20.2. The molecule has 172 valence electrons. The molecule has 0 atom stereocenters. The van der Waals surface area contributed by atoms with Crippen molar-refractivity contribution >= 4 is 5.97 Å². The van der Waals surface area contributed by atoms with E-state index in [-0.39, 0.29) is 5.97 Å². The lowest BCUT2D eigenvalue weighted by Crippen LogP contribution is -2.29. The number of hydrogen-bond acceptors (Lipinski definition) is 3. The molecule has 0 radical (unpaired) electrons. The van der Waals surface area contributed by atoms with Gasteiger partial charge in [-0.05, 0) is 78.4 Å². The highest BCUT2D eigenvalue weighted by atomic mass is 16.5. The summed E-state index contributed by atoms with van der Waals surface area (Å²) in [5, 5.41) is 0. The first-order valence-corrected chi connectivity index (χ1v) is 11.7. The third-order valence-electron chi connectivity index (χ3n) is 6.27. The quantitative estimate of drug-likeness (QED) is 0.214. The van der Waals surface area contributed by atoms with E-state index >= 15 is 0 Å². The Morgan fingerprint density at radius 2 is 1.41 bits per heavy atom. The van der Waals surface area contributed by atoms with Gasteiger partial charge in [0.05, 0.1) is 12.0 Å². The first kappa shape index (κ1) is 23.3. The molecule has 0 heterocycles. The predicted molar refractivity (Wildman–Crippen MR) is 138 cm³/mol. The summed E-state index contributed by atoms with van der Waals surface area (Å²) in [5.74, 6) is 1.04. The molecule has 0 unspecified atom stereocenters. The molecular weight excluding hydrogens is 420 g/mol. The normalized spacial score (nSPS) is 14.6. The van der Waals surface area contributed by atoms with Crippen LogP contribution in [0.5, 0.6) is 5.75 Å². The highest BCUT2D eigenvalue weighted by molar-refractivity contribution is 5.86. The molecular formula is C31H30O3. The van der Waals surface area contributed by atoms with Gasteiger partial charge in [0.1, 0.15) is 11.5 Å². The second-order valence-electron chi connectivity index (χ2n) is 8.16. The SMILES string of the molecule is C\C=C(/C=C\C(=C/C)C1(c2ccc(OCC)cc2)c2ccccc2-c2ccccc21)OC(C)=O. The molecule has 0 aromatic heterocycles. The molecule has 0 N–H and O–H groups in total. The van der Waals surface area contributed by atoms with Crippen LogP contribution in [-0.4, -0.2) is 12.6 Å². The van der Waals surface area contributed by atoms with Gasteiger partial charge < -0.3 is 9.47 Å². The van der Waals surface area contributed by atoms with Crippen LogP contribution in [0.1, 0.15) is 44.4 Å². The van der Waals surface area contributed by atoms with Crippen molar-refractivity contribution < 1.29 is 14.3 Å². The lowest BCUT2D eigenvalue weighted by molar-refractivity contribution is -0.136. The summed E-state index contributed by atoms with van der Waals surface area (Å²) in [7, 11) is 0. The summed E-state index contributed by atoms with van der Waals surface area (Å²) in [6.07, 6.45) is 7.88. The van der Waals surface area contributed by atoms with Gasteiger partial charge in [-0.2, -0.15) is 0 Å². The van der Waals surface area contributed by atoms with Gasteiger partial charge in [-0.3, -0.25) is 4.79 Å². The molecule has 34 heavy (non-hydrogen) atoms. The first-order valence-electron chi connectivity index (χ1n) is 11.7. The molecule has 0 saturated heterocycles. The summed E-state index contributed by atoms with van der Waals surface area (Å²) < 4.78 is 11.1. The van der Waals surface area contributed by atoms with E-state index in [0.717, 1.165) is 16.9 Å². The largest absolute Gasteiger partial charge is 0.494 e. The Morgan fingerprint density at radius 3 is 1.91 bits per heavy atom. The average Bonchev–Trinajstić information content (AvgIpc) is 3.16. The van der Waals surface area contributed by atoms with Gasteiger partial charge in [-0.25, -0.2) is 0 Å². The number of ether oxygens (including phenoxy) is 2. The number of rotatable bonds is 7. The van der Waals surface area contributed by atoms with Gasteiger partial charge in [0.25, 0.3) is 0 Å². The maximum atomic E-state index is 11.6. The van der Waals surface area contributed by atoms with E-state index in [1.54, 1.807) is 6.08 Å². The topological polar surface area (TPSA) is 35.5 Å². The van der Waals surface area contributed by atoms with Crippen molar-refractivity contribution in [3.05, 3.63) is 125 Å². The van der Waals surface area contributed by atoms with E-state index in [9.17, 15) is 4.79 Å². The first-order chi connectivity index (χ1) is 16.6. The predicted octanol–water partition coefficient (Wildman–Crippen LogP) is 7.37. The van der Waals surface area contributed by atoms with E-state index in [0.29, 0.717) is 12.4 Å². The number of fused-ring (bicyclic) bond motifs is 3. The number of carbonyl (C=O) groups is 1. The molecule has 0 spiro atoms. The second-order valence-corrected chi connectivity index (χ2v) is 8.16. The summed E-state index contributed by atoms with van der Waals surface area (Å²) in [6.45, 7) is 7.95. The number of esters is 1. The Morgan fingerprint density at radius 1 is 0.824 bits per heavy atom. The highest BCUT2D eigenvalue weighted by Gasteiger charge is 2.46. The van der Waals surface area contributed by atoms with Crippen molar-refractivity contribution in [2.75, 3.05) is 6.61 Å². The minimum absolute atomic E-state index is 0.336. The molecule has 0 aliphatic heterocycles. The van der Waals surface area contributed by atoms with E-state index in [4.69, 9.17) is 9.47 Å². The van der Waals surface area contributed by atoms with E-state index in [1.807, 2.05) is 32.1 Å². The van der Waals surface area contributed by atoms with Crippen molar-refractivity contribution in [3.8, 4) is 16.9 Å². The lowest BCUT2D eigenvalue weighted by Gasteiger charge is -2.34. The van der Waals surface area contributed by atoms with Crippen LogP contribution in [0.3, 0.4) is 0 Å². The average molecular weight is 451 g/mol. The number of hydrogen-bond donors (Lipinski definition) is 0. The van der Waals surface area contributed by atoms with Crippen molar-refractivity contribution in [3.63, 3.8) is 0 Å². The third-order valence-corrected chi connectivity index (χ3v) is 6.27. The number of benzene rings is 3. The van der Waals surface area contributed by atoms with Gasteiger partial charge in [0, 0.05) is 6.92 Å². The fourth-order valence-corrected chi connectivity index (χ4v) is 4.96. The Balaban J connectivity index is 1.98. The van der Waals surface area contributed by atoms with E-state index in [1.165, 1.54) is 29.2 Å². The molecule has 4 rings (SSSR count). The maximum Gasteiger partial charge on any atom is 0.308 e. The minimum atomic E-state index is -0.516. The van der Waals surface area contributed by atoms with Crippen LogP contribution in [0, 0.1) is 0 Å². The molecule has 1 aliphatic rings. The lowest BCUT2D eigenvalue weighted by atomic mass is 9.67. The van der Waals surface area contributed by atoms with Crippen molar-refractivity contribution in [2.45, 2.75) is 33.1 Å². The van der Waals surface area contributed by atoms with Crippen LogP contribution in [-0.2, 0) is 14.9 Å². The number of carbonyl (C=O) groups excluding carboxylic acids is 1. The monoisotopic (exact) mass is 450 g/mol. The zero-order valence-corrected chi connectivity index (χ0v) is 20.2. The van der Waals surface area contributed by atoms with Gasteiger partial charge in [-0.15, -0.1) is 0 Å². The third kappa shape index (κ3) is 3.99. The van der Waals surface area contributed by atoms with Crippen LogP contribution in [0.15, 0.2) is 108 Å². The maximum absolute atomic E-state index is 11.6.